The summed E-state index contributed by atoms with van der Waals surface area (Å²) < 4.78 is 13.0. The molecule has 0 atom stereocenters. The Balaban J connectivity index is 1.50. The number of halogens is 1. The first-order valence-corrected chi connectivity index (χ1v) is 8.58. The van der Waals surface area contributed by atoms with E-state index in [2.05, 4.69) is 26.7 Å². The van der Waals surface area contributed by atoms with E-state index in [1.54, 1.807) is 0 Å². The Morgan fingerprint density at radius 3 is 2.56 bits per heavy atom. The molecule has 1 fully saturated rings. The quantitative estimate of drug-likeness (QED) is 0.684. The maximum Gasteiger partial charge on any atom is 0.191 e. The number of benzene rings is 1. The Morgan fingerprint density at radius 1 is 1.16 bits per heavy atom. The zero-order chi connectivity index (χ0) is 17.6. The molecule has 0 radical (unpaired) electrons. The number of anilines is 1. The molecule has 0 unspecified atom stereocenters. The van der Waals surface area contributed by atoms with Gasteiger partial charge in [-0.15, -0.1) is 0 Å². The van der Waals surface area contributed by atoms with Crippen LogP contribution in [0.5, 0.6) is 0 Å². The standard InChI is InChI=1S/C19H24FN5/c1-15-14-22-8-6-16(15)7-9-23-19(21)25-12-10-24(11-13-25)18-4-2-17(20)3-5-18/h2-6,8,14H,7,9-13H2,1H3,(H2,21,23). The van der Waals surface area contributed by atoms with Gasteiger partial charge in [0.2, 0.25) is 0 Å². The second-order valence-corrected chi connectivity index (χ2v) is 6.24. The molecule has 25 heavy (non-hydrogen) atoms. The number of rotatable bonds is 4. The van der Waals surface area contributed by atoms with Gasteiger partial charge in [0.15, 0.2) is 5.96 Å². The normalized spacial score (nSPS) is 15.5. The monoisotopic (exact) mass is 341 g/mol. The third-order valence-electron chi connectivity index (χ3n) is 4.59. The maximum atomic E-state index is 13.0. The highest BCUT2D eigenvalue weighted by Gasteiger charge is 2.18. The summed E-state index contributed by atoms with van der Waals surface area (Å²) in [7, 11) is 0. The van der Waals surface area contributed by atoms with Crippen LogP contribution in [0.3, 0.4) is 0 Å². The summed E-state index contributed by atoms with van der Waals surface area (Å²) in [6.45, 7) is 6.08. The molecule has 1 aliphatic rings. The summed E-state index contributed by atoms with van der Waals surface area (Å²) in [4.78, 5) is 13.0. The Hall–Kier alpha value is -2.63. The minimum atomic E-state index is -0.205. The van der Waals surface area contributed by atoms with Crippen molar-refractivity contribution in [3.05, 3.63) is 59.7 Å². The molecule has 1 aromatic heterocycles. The van der Waals surface area contributed by atoms with Crippen LogP contribution in [0.4, 0.5) is 10.1 Å². The molecule has 5 nitrogen and oxygen atoms in total. The molecule has 0 amide bonds. The van der Waals surface area contributed by atoms with Gasteiger partial charge in [-0.3, -0.25) is 9.98 Å². The summed E-state index contributed by atoms with van der Waals surface area (Å²) in [5.41, 5.74) is 9.64. The first kappa shape index (κ1) is 17.2. The first-order chi connectivity index (χ1) is 12.1. The summed E-state index contributed by atoms with van der Waals surface area (Å²) in [5.74, 6) is 0.397. The van der Waals surface area contributed by atoms with Crippen LogP contribution in [0.1, 0.15) is 11.1 Å². The molecule has 3 rings (SSSR count). The number of guanidine groups is 1. The van der Waals surface area contributed by atoms with Crippen LogP contribution in [-0.4, -0.2) is 48.6 Å². The molecule has 2 aromatic rings. The Labute approximate surface area is 148 Å². The van der Waals surface area contributed by atoms with Crippen LogP contribution in [-0.2, 0) is 6.42 Å². The molecule has 0 spiro atoms. The molecule has 1 aromatic carbocycles. The van der Waals surface area contributed by atoms with Gasteiger partial charge >= 0.3 is 0 Å². The fourth-order valence-corrected chi connectivity index (χ4v) is 3.02. The minimum absolute atomic E-state index is 0.205. The molecular formula is C19H24FN5. The molecule has 1 aliphatic heterocycles. The summed E-state index contributed by atoms with van der Waals surface area (Å²) in [6, 6.07) is 8.67. The van der Waals surface area contributed by atoms with Crippen LogP contribution in [0.2, 0.25) is 0 Å². The van der Waals surface area contributed by atoms with Crippen molar-refractivity contribution in [3.63, 3.8) is 0 Å². The van der Waals surface area contributed by atoms with Crippen molar-refractivity contribution in [2.24, 2.45) is 10.7 Å². The lowest BCUT2D eigenvalue weighted by atomic mass is 10.1. The summed E-state index contributed by atoms with van der Waals surface area (Å²) in [5, 5.41) is 0. The van der Waals surface area contributed by atoms with E-state index in [-0.39, 0.29) is 5.82 Å². The summed E-state index contributed by atoms with van der Waals surface area (Å²) >= 11 is 0. The smallest absolute Gasteiger partial charge is 0.191 e. The van der Waals surface area contributed by atoms with E-state index in [0.29, 0.717) is 12.5 Å². The van der Waals surface area contributed by atoms with Crippen molar-refractivity contribution in [2.75, 3.05) is 37.6 Å². The van der Waals surface area contributed by atoms with Crippen LogP contribution in [0, 0.1) is 12.7 Å². The van der Waals surface area contributed by atoms with Gasteiger partial charge in [0.05, 0.1) is 0 Å². The fourth-order valence-electron chi connectivity index (χ4n) is 3.02. The van der Waals surface area contributed by atoms with E-state index in [9.17, 15) is 4.39 Å². The predicted molar refractivity (Wildman–Crippen MR) is 99.4 cm³/mol. The van der Waals surface area contributed by atoms with Crippen LogP contribution < -0.4 is 10.6 Å². The second-order valence-electron chi connectivity index (χ2n) is 6.24. The van der Waals surface area contributed by atoms with Crippen LogP contribution in [0.15, 0.2) is 47.7 Å². The predicted octanol–water partition coefficient (Wildman–Crippen LogP) is 2.21. The van der Waals surface area contributed by atoms with Crippen molar-refractivity contribution in [3.8, 4) is 0 Å². The highest BCUT2D eigenvalue weighted by molar-refractivity contribution is 5.78. The van der Waals surface area contributed by atoms with Crippen molar-refractivity contribution >= 4 is 11.6 Å². The Morgan fingerprint density at radius 2 is 1.88 bits per heavy atom. The number of piperazine rings is 1. The molecule has 1 saturated heterocycles. The highest BCUT2D eigenvalue weighted by Crippen LogP contribution is 2.16. The highest BCUT2D eigenvalue weighted by atomic mass is 19.1. The number of aromatic nitrogens is 1. The van der Waals surface area contributed by atoms with Crippen molar-refractivity contribution < 1.29 is 4.39 Å². The fraction of sp³-hybridized carbons (Fsp3) is 0.368. The lowest BCUT2D eigenvalue weighted by molar-refractivity contribution is 0.381. The van der Waals surface area contributed by atoms with E-state index in [4.69, 9.17) is 5.73 Å². The molecule has 2 N–H and O–H groups in total. The van der Waals surface area contributed by atoms with Crippen molar-refractivity contribution in [1.82, 2.24) is 9.88 Å². The van der Waals surface area contributed by atoms with E-state index < -0.39 is 0 Å². The van der Waals surface area contributed by atoms with E-state index in [0.717, 1.165) is 38.3 Å². The van der Waals surface area contributed by atoms with Gasteiger partial charge in [-0.1, -0.05) is 0 Å². The Kier molecular flexibility index (Phi) is 5.48. The van der Waals surface area contributed by atoms with Crippen molar-refractivity contribution in [2.45, 2.75) is 13.3 Å². The average molecular weight is 341 g/mol. The molecule has 0 saturated carbocycles. The number of nitrogens with zero attached hydrogens (tertiary/aromatic N) is 4. The topological polar surface area (TPSA) is 57.8 Å². The molecule has 2 heterocycles. The van der Waals surface area contributed by atoms with Gasteiger partial charge in [0, 0.05) is 50.8 Å². The first-order valence-electron chi connectivity index (χ1n) is 8.58. The number of pyridine rings is 1. The van der Waals surface area contributed by atoms with Gasteiger partial charge in [0.1, 0.15) is 5.82 Å². The van der Waals surface area contributed by atoms with E-state index in [1.165, 1.54) is 23.3 Å². The molecular weight excluding hydrogens is 317 g/mol. The number of aliphatic imine (C=N–C) groups is 1. The number of hydrogen-bond acceptors (Lipinski definition) is 3. The zero-order valence-corrected chi connectivity index (χ0v) is 14.5. The van der Waals surface area contributed by atoms with Gasteiger partial charge in [-0.25, -0.2) is 4.39 Å². The Bertz CT molecular complexity index is 721. The number of hydrogen-bond donors (Lipinski definition) is 1. The van der Waals surface area contributed by atoms with E-state index >= 15 is 0 Å². The number of aryl methyl sites for hydroxylation is 1. The molecule has 6 heteroatoms. The lowest BCUT2D eigenvalue weighted by Gasteiger charge is -2.36. The van der Waals surface area contributed by atoms with Crippen molar-refractivity contribution in [1.29, 1.82) is 0 Å². The average Bonchev–Trinajstić information content (AvgIpc) is 2.64. The molecule has 0 bridgehead atoms. The largest absolute Gasteiger partial charge is 0.370 e. The third-order valence-corrected chi connectivity index (χ3v) is 4.59. The van der Waals surface area contributed by atoms with Gasteiger partial charge in [-0.05, 0) is 54.8 Å². The van der Waals surface area contributed by atoms with E-state index in [1.807, 2.05) is 30.6 Å². The SMILES string of the molecule is Cc1cnccc1CCN=C(N)N1CCN(c2ccc(F)cc2)CC1. The number of nitrogens with two attached hydrogens (primary N) is 1. The second kappa shape index (κ2) is 7.96. The van der Waals surface area contributed by atoms with Gasteiger partial charge in [0.25, 0.3) is 0 Å². The molecule has 132 valence electrons. The third kappa shape index (κ3) is 4.47. The lowest BCUT2D eigenvalue weighted by Crippen LogP contribution is -2.51. The zero-order valence-electron chi connectivity index (χ0n) is 14.5. The summed E-state index contributed by atoms with van der Waals surface area (Å²) in [6.07, 6.45) is 4.55. The molecule has 0 aliphatic carbocycles. The van der Waals surface area contributed by atoms with Gasteiger partial charge in [-0.2, -0.15) is 0 Å². The minimum Gasteiger partial charge on any atom is -0.370 e. The van der Waals surface area contributed by atoms with Crippen LogP contribution >= 0.6 is 0 Å². The van der Waals surface area contributed by atoms with Gasteiger partial charge < -0.3 is 15.5 Å². The van der Waals surface area contributed by atoms with Crippen LogP contribution in [0.25, 0.3) is 0 Å². The maximum absolute atomic E-state index is 13.0.